The topological polar surface area (TPSA) is 58.6 Å². The fraction of sp³-hybridized carbons (Fsp3) is 0.391. The van der Waals surface area contributed by atoms with Gasteiger partial charge in [-0.3, -0.25) is 9.59 Å². The van der Waals surface area contributed by atoms with Gasteiger partial charge in [0.25, 0.3) is 5.91 Å². The number of anilines is 1. The molecule has 3 rings (SSSR count). The van der Waals surface area contributed by atoms with E-state index in [1.165, 1.54) is 12.5 Å². The lowest BCUT2D eigenvalue weighted by atomic mass is 9.87. The Morgan fingerprint density at radius 2 is 1.86 bits per heavy atom. The highest BCUT2D eigenvalue weighted by Crippen LogP contribution is 2.41. The third kappa shape index (κ3) is 4.73. The Morgan fingerprint density at radius 1 is 1.17 bits per heavy atom. The van der Waals surface area contributed by atoms with E-state index in [0.29, 0.717) is 30.3 Å². The van der Waals surface area contributed by atoms with Gasteiger partial charge in [0.05, 0.1) is 17.3 Å². The molecule has 0 bridgehead atoms. The number of carbonyl (C=O) groups is 2. The fourth-order valence-electron chi connectivity index (χ4n) is 3.48. The molecule has 5 nitrogen and oxygen atoms in total. The van der Waals surface area contributed by atoms with Crippen LogP contribution < -0.4 is 15.0 Å². The fourth-order valence-corrected chi connectivity index (χ4v) is 3.76. The second kappa shape index (κ2) is 8.46. The zero-order chi connectivity index (χ0) is 21.2. The standard InChI is InChI=1S/C23H27ClN2O3/c1-15(27)25-20-18-7-5-8-19(24)21(18)26(22(20)28)13-6-14-29-17-11-9-16(10-12-17)23(2,3)4/h5,7-12,20H,6,13-14H2,1-4H3,(H,25,27)/t20-/m1/s1. The molecular weight excluding hydrogens is 388 g/mol. The highest BCUT2D eigenvalue weighted by Gasteiger charge is 2.38. The number of fused-ring (bicyclic) bond motifs is 1. The van der Waals surface area contributed by atoms with Crippen LogP contribution >= 0.6 is 11.6 Å². The van der Waals surface area contributed by atoms with Gasteiger partial charge in [0.15, 0.2) is 0 Å². The van der Waals surface area contributed by atoms with Crippen molar-refractivity contribution in [2.45, 2.75) is 45.6 Å². The molecule has 2 amide bonds. The average molecular weight is 415 g/mol. The number of para-hydroxylation sites is 1. The molecule has 154 valence electrons. The minimum atomic E-state index is -0.688. The van der Waals surface area contributed by atoms with Gasteiger partial charge in [-0.25, -0.2) is 0 Å². The summed E-state index contributed by atoms with van der Waals surface area (Å²) in [6.07, 6.45) is 0.643. The number of benzene rings is 2. The first-order chi connectivity index (χ1) is 13.7. The smallest absolute Gasteiger partial charge is 0.254 e. The van der Waals surface area contributed by atoms with E-state index in [2.05, 4.69) is 38.2 Å². The van der Waals surface area contributed by atoms with Crippen molar-refractivity contribution in [1.82, 2.24) is 5.32 Å². The maximum atomic E-state index is 12.9. The molecule has 29 heavy (non-hydrogen) atoms. The summed E-state index contributed by atoms with van der Waals surface area (Å²) >= 11 is 6.35. The minimum absolute atomic E-state index is 0.103. The summed E-state index contributed by atoms with van der Waals surface area (Å²) in [5.41, 5.74) is 2.76. The Hall–Kier alpha value is -2.53. The van der Waals surface area contributed by atoms with Gasteiger partial charge in [-0.1, -0.05) is 56.6 Å². The van der Waals surface area contributed by atoms with Gasteiger partial charge in [-0.2, -0.15) is 0 Å². The number of amides is 2. The molecule has 1 heterocycles. The van der Waals surface area contributed by atoms with Crippen LogP contribution in [0.1, 0.15) is 51.3 Å². The molecule has 2 aromatic carbocycles. The quantitative estimate of drug-likeness (QED) is 0.701. The predicted octanol–water partition coefficient (Wildman–Crippen LogP) is 4.63. The molecule has 6 heteroatoms. The zero-order valence-electron chi connectivity index (χ0n) is 17.3. The minimum Gasteiger partial charge on any atom is -0.494 e. The van der Waals surface area contributed by atoms with Crippen LogP contribution in [0, 0.1) is 0 Å². The normalized spacial score (nSPS) is 16.0. The molecule has 0 radical (unpaired) electrons. The molecule has 0 fully saturated rings. The number of nitrogens with zero attached hydrogens (tertiary/aromatic N) is 1. The lowest BCUT2D eigenvalue weighted by molar-refractivity contribution is -0.126. The van der Waals surface area contributed by atoms with Crippen molar-refractivity contribution in [2.75, 3.05) is 18.1 Å². The van der Waals surface area contributed by atoms with E-state index in [-0.39, 0.29) is 17.2 Å². The number of halogens is 1. The second-order valence-corrected chi connectivity index (χ2v) is 8.68. The molecule has 0 aliphatic carbocycles. The van der Waals surface area contributed by atoms with Gasteiger partial charge in [-0.15, -0.1) is 0 Å². The lowest BCUT2D eigenvalue weighted by Gasteiger charge is -2.20. The van der Waals surface area contributed by atoms with Crippen LogP contribution in [0.2, 0.25) is 5.02 Å². The summed E-state index contributed by atoms with van der Waals surface area (Å²) in [6, 6.07) is 12.8. The van der Waals surface area contributed by atoms with Gasteiger partial charge in [-0.05, 0) is 35.6 Å². The Labute approximate surface area is 177 Å². The van der Waals surface area contributed by atoms with Crippen molar-refractivity contribution in [2.24, 2.45) is 0 Å². The molecule has 0 spiro atoms. The maximum Gasteiger partial charge on any atom is 0.254 e. The summed E-state index contributed by atoms with van der Waals surface area (Å²) in [5.74, 6) is 0.385. The van der Waals surface area contributed by atoms with Crippen LogP contribution in [-0.4, -0.2) is 25.0 Å². The molecular formula is C23H27ClN2O3. The zero-order valence-corrected chi connectivity index (χ0v) is 18.0. The number of hydrogen-bond acceptors (Lipinski definition) is 3. The van der Waals surface area contributed by atoms with E-state index in [9.17, 15) is 9.59 Å². The van der Waals surface area contributed by atoms with Crippen LogP contribution in [0.4, 0.5) is 5.69 Å². The number of ether oxygens (including phenoxy) is 1. The van der Waals surface area contributed by atoms with Crippen molar-refractivity contribution in [1.29, 1.82) is 0 Å². The number of hydrogen-bond donors (Lipinski definition) is 1. The van der Waals surface area contributed by atoms with E-state index in [1.54, 1.807) is 17.0 Å². The lowest BCUT2D eigenvalue weighted by Crippen LogP contribution is -2.37. The van der Waals surface area contributed by atoms with Crippen LogP contribution in [-0.2, 0) is 15.0 Å². The van der Waals surface area contributed by atoms with Gasteiger partial charge >= 0.3 is 0 Å². The summed E-state index contributed by atoms with van der Waals surface area (Å²) in [5, 5.41) is 3.22. The third-order valence-corrected chi connectivity index (χ3v) is 5.28. The molecule has 1 aliphatic rings. The highest BCUT2D eigenvalue weighted by atomic mass is 35.5. The molecule has 1 N–H and O–H groups in total. The summed E-state index contributed by atoms with van der Waals surface area (Å²) in [4.78, 5) is 26.0. The van der Waals surface area contributed by atoms with Gasteiger partial charge in [0.1, 0.15) is 11.8 Å². The average Bonchev–Trinajstić information content (AvgIpc) is 2.91. The molecule has 0 unspecified atom stereocenters. The second-order valence-electron chi connectivity index (χ2n) is 8.28. The van der Waals surface area contributed by atoms with Crippen molar-refractivity contribution < 1.29 is 14.3 Å². The summed E-state index contributed by atoms with van der Waals surface area (Å²) in [7, 11) is 0. The number of rotatable bonds is 6. The van der Waals surface area contributed by atoms with Crippen molar-refractivity contribution >= 4 is 29.1 Å². The largest absolute Gasteiger partial charge is 0.494 e. The first-order valence-electron chi connectivity index (χ1n) is 9.78. The van der Waals surface area contributed by atoms with Crippen molar-refractivity contribution in [3.05, 3.63) is 58.6 Å². The Balaban J connectivity index is 1.62. The molecule has 0 saturated carbocycles. The van der Waals surface area contributed by atoms with E-state index in [4.69, 9.17) is 16.3 Å². The van der Waals surface area contributed by atoms with Crippen molar-refractivity contribution in [3.8, 4) is 5.75 Å². The van der Waals surface area contributed by atoms with Crippen LogP contribution in [0.15, 0.2) is 42.5 Å². The summed E-state index contributed by atoms with van der Waals surface area (Å²) < 4.78 is 5.84. The van der Waals surface area contributed by atoms with Gasteiger partial charge < -0.3 is 15.0 Å². The first-order valence-corrected chi connectivity index (χ1v) is 10.2. The first kappa shape index (κ1) is 21.2. The summed E-state index contributed by atoms with van der Waals surface area (Å²) in [6.45, 7) is 8.86. The number of nitrogens with one attached hydrogen (secondary N) is 1. The molecule has 0 saturated heterocycles. The van der Waals surface area contributed by atoms with Crippen LogP contribution in [0.3, 0.4) is 0 Å². The Morgan fingerprint density at radius 3 is 2.48 bits per heavy atom. The number of carbonyl (C=O) groups excluding carboxylic acids is 2. The Bertz CT molecular complexity index is 903. The van der Waals surface area contributed by atoms with Crippen LogP contribution in [0.5, 0.6) is 5.75 Å². The van der Waals surface area contributed by atoms with E-state index >= 15 is 0 Å². The van der Waals surface area contributed by atoms with Crippen molar-refractivity contribution in [3.63, 3.8) is 0 Å². The van der Waals surface area contributed by atoms with Gasteiger partial charge in [0.2, 0.25) is 5.91 Å². The molecule has 1 aliphatic heterocycles. The van der Waals surface area contributed by atoms with E-state index in [0.717, 1.165) is 11.3 Å². The molecule has 1 atom stereocenters. The van der Waals surface area contributed by atoms with Gasteiger partial charge in [0, 0.05) is 19.0 Å². The highest BCUT2D eigenvalue weighted by molar-refractivity contribution is 6.34. The molecule has 2 aromatic rings. The third-order valence-electron chi connectivity index (χ3n) is 4.97. The Kier molecular flexibility index (Phi) is 6.18. The molecule has 0 aromatic heterocycles. The van der Waals surface area contributed by atoms with Crippen LogP contribution in [0.25, 0.3) is 0 Å². The predicted molar refractivity (Wildman–Crippen MR) is 116 cm³/mol. The van der Waals surface area contributed by atoms with E-state index in [1.807, 2.05) is 18.2 Å². The van der Waals surface area contributed by atoms with E-state index < -0.39 is 6.04 Å². The maximum absolute atomic E-state index is 12.9. The SMILES string of the molecule is CC(=O)N[C@H]1C(=O)N(CCCOc2ccc(C(C)(C)C)cc2)c2c(Cl)cccc21. The monoisotopic (exact) mass is 414 g/mol.